The number of nitrogens with one attached hydrogen (secondary N) is 1. The van der Waals surface area contributed by atoms with Gasteiger partial charge in [-0.15, -0.1) is 0 Å². The predicted octanol–water partition coefficient (Wildman–Crippen LogP) is 0.0973. The van der Waals surface area contributed by atoms with Crippen LogP contribution in [0.4, 0.5) is 5.00 Å². The van der Waals surface area contributed by atoms with Gasteiger partial charge in [-0.25, -0.2) is 14.6 Å². The van der Waals surface area contributed by atoms with E-state index < -0.39 is 17.2 Å². The molecular weight excluding hydrogens is 360 g/mol. The maximum absolute atomic E-state index is 12.4. The van der Waals surface area contributed by atoms with Crippen molar-refractivity contribution < 1.29 is 9.53 Å². The molecule has 3 aromatic heterocycles. The van der Waals surface area contributed by atoms with Gasteiger partial charge in [0, 0.05) is 21.1 Å². The SMILES string of the molecule is CNc1snc(C)c1C(=O)OCCn1cnc2c1c(=O)n(C)c(=O)n2C. The molecule has 0 aromatic carbocycles. The lowest BCUT2D eigenvalue weighted by atomic mass is 10.2. The maximum Gasteiger partial charge on any atom is 0.343 e. The normalized spacial score (nSPS) is 11.1. The number of aryl methyl sites for hydroxylation is 2. The third kappa shape index (κ3) is 2.79. The molecule has 0 bridgehead atoms. The number of rotatable bonds is 5. The van der Waals surface area contributed by atoms with Crippen molar-refractivity contribution in [3.63, 3.8) is 0 Å². The van der Waals surface area contributed by atoms with Crippen LogP contribution in [0.2, 0.25) is 0 Å². The zero-order valence-electron chi connectivity index (χ0n) is 14.8. The number of aromatic nitrogens is 5. The van der Waals surface area contributed by atoms with Crippen molar-refractivity contribution in [3.8, 4) is 0 Å². The standard InChI is InChI=1S/C15H18N6O4S/c1-8-9(12(16-2)26-18-8)14(23)25-6-5-21-7-17-11-10(21)13(22)20(4)15(24)19(11)3/h7,16H,5-6H2,1-4H3. The number of carbonyl (C=O) groups is 1. The average molecular weight is 378 g/mol. The molecule has 0 aliphatic rings. The number of hydrogen-bond acceptors (Lipinski definition) is 8. The molecule has 3 aromatic rings. The average Bonchev–Trinajstić information content (AvgIpc) is 3.21. The van der Waals surface area contributed by atoms with E-state index in [9.17, 15) is 14.4 Å². The lowest BCUT2D eigenvalue weighted by Gasteiger charge is -2.08. The van der Waals surface area contributed by atoms with Crippen molar-refractivity contribution in [3.05, 3.63) is 38.4 Å². The minimum absolute atomic E-state index is 0.0503. The topological polar surface area (TPSA) is 113 Å². The monoisotopic (exact) mass is 378 g/mol. The fourth-order valence-corrected chi connectivity index (χ4v) is 3.39. The molecule has 0 saturated carbocycles. The van der Waals surface area contributed by atoms with Crippen LogP contribution in [-0.4, -0.2) is 42.7 Å². The molecule has 0 aliphatic heterocycles. The van der Waals surface area contributed by atoms with Crippen molar-refractivity contribution >= 4 is 33.7 Å². The Morgan fingerprint density at radius 2 is 2.04 bits per heavy atom. The van der Waals surface area contributed by atoms with Gasteiger partial charge in [0.2, 0.25) is 0 Å². The van der Waals surface area contributed by atoms with Gasteiger partial charge < -0.3 is 14.6 Å². The van der Waals surface area contributed by atoms with Crippen LogP contribution in [-0.2, 0) is 25.4 Å². The molecule has 0 radical (unpaired) electrons. The molecule has 0 atom stereocenters. The third-order valence-electron chi connectivity index (χ3n) is 4.08. The van der Waals surface area contributed by atoms with Crippen molar-refractivity contribution in [2.24, 2.45) is 14.1 Å². The van der Waals surface area contributed by atoms with Crippen molar-refractivity contribution in [1.82, 2.24) is 23.1 Å². The third-order valence-corrected chi connectivity index (χ3v) is 5.03. The molecule has 0 amide bonds. The van der Waals surface area contributed by atoms with E-state index in [1.54, 1.807) is 25.6 Å². The van der Waals surface area contributed by atoms with Gasteiger partial charge in [-0.3, -0.25) is 13.9 Å². The van der Waals surface area contributed by atoms with Crippen LogP contribution < -0.4 is 16.6 Å². The molecule has 3 rings (SSSR count). The zero-order valence-corrected chi connectivity index (χ0v) is 15.6. The van der Waals surface area contributed by atoms with Gasteiger partial charge in [0.1, 0.15) is 17.2 Å². The summed E-state index contributed by atoms with van der Waals surface area (Å²) in [7, 11) is 4.67. The Labute approximate surface area is 151 Å². The van der Waals surface area contributed by atoms with E-state index in [4.69, 9.17) is 4.74 Å². The first-order chi connectivity index (χ1) is 12.4. The molecule has 138 valence electrons. The summed E-state index contributed by atoms with van der Waals surface area (Å²) in [6, 6.07) is 0. The van der Waals surface area contributed by atoms with Crippen molar-refractivity contribution in [2.75, 3.05) is 19.0 Å². The highest BCUT2D eigenvalue weighted by molar-refractivity contribution is 7.10. The summed E-state index contributed by atoms with van der Waals surface area (Å²) in [6.07, 6.45) is 1.45. The first kappa shape index (κ1) is 17.9. The number of imidazole rings is 1. The number of anilines is 1. The van der Waals surface area contributed by atoms with E-state index in [1.807, 2.05) is 0 Å². The number of nitrogens with zero attached hydrogens (tertiary/aromatic N) is 5. The van der Waals surface area contributed by atoms with Crippen LogP contribution in [0.15, 0.2) is 15.9 Å². The summed E-state index contributed by atoms with van der Waals surface area (Å²) in [5, 5.41) is 3.56. The Kier molecular flexibility index (Phi) is 4.64. The molecule has 0 spiro atoms. The number of hydrogen-bond donors (Lipinski definition) is 1. The summed E-state index contributed by atoms with van der Waals surface area (Å²) in [5.74, 6) is -0.481. The molecule has 0 unspecified atom stereocenters. The van der Waals surface area contributed by atoms with Crippen LogP contribution in [0.5, 0.6) is 0 Å². The molecule has 0 saturated heterocycles. The smallest absolute Gasteiger partial charge is 0.343 e. The van der Waals surface area contributed by atoms with Crippen LogP contribution >= 0.6 is 11.5 Å². The second-order valence-electron chi connectivity index (χ2n) is 5.67. The fourth-order valence-electron chi connectivity index (χ4n) is 2.66. The molecule has 0 fully saturated rings. The Bertz CT molecular complexity index is 1110. The van der Waals surface area contributed by atoms with Crippen molar-refractivity contribution in [2.45, 2.75) is 13.5 Å². The minimum atomic E-state index is -0.481. The van der Waals surface area contributed by atoms with Gasteiger partial charge in [-0.2, -0.15) is 4.37 Å². The van der Waals surface area contributed by atoms with Gasteiger partial charge in [-0.1, -0.05) is 0 Å². The Morgan fingerprint density at radius 1 is 1.31 bits per heavy atom. The van der Waals surface area contributed by atoms with E-state index in [2.05, 4.69) is 14.7 Å². The highest BCUT2D eigenvalue weighted by Gasteiger charge is 2.19. The van der Waals surface area contributed by atoms with Gasteiger partial charge in [0.05, 0.1) is 18.6 Å². The largest absolute Gasteiger partial charge is 0.460 e. The van der Waals surface area contributed by atoms with E-state index in [-0.39, 0.29) is 18.7 Å². The number of ether oxygens (including phenoxy) is 1. The lowest BCUT2D eigenvalue weighted by molar-refractivity contribution is 0.0493. The van der Waals surface area contributed by atoms with Crippen LogP contribution in [0.3, 0.4) is 0 Å². The number of fused-ring (bicyclic) bond motifs is 1. The van der Waals surface area contributed by atoms with E-state index in [0.29, 0.717) is 21.9 Å². The molecular formula is C15H18N6O4S. The molecule has 3 heterocycles. The Morgan fingerprint density at radius 3 is 2.73 bits per heavy atom. The summed E-state index contributed by atoms with van der Waals surface area (Å²) in [4.78, 5) is 40.7. The van der Waals surface area contributed by atoms with Crippen LogP contribution in [0, 0.1) is 6.92 Å². The van der Waals surface area contributed by atoms with Crippen molar-refractivity contribution in [1.29, 1.82) is 0 Å². The predicted molar refractivity (Wildman–Crippen MR) is 96.9 cm³/mol. The Hall–Kier alpha value is -2.95. The molecule has 1 N–H and O–H groups in total. The van der Waals surface area contributed by atoms with Gasteiger partial charge >= 0.3 is 11.7 Å². The van der Waals surface area contributed by atoms with E-state index >= 15 is 0 Å². The Balaban J connectivity index is 1.81. The van der Waals surface area contributed by atoms with Crippen LogP contribution in [0.25, 0.3) is 11.2 Å². The highest BCUT2D eigenvalue weighted by Crippen LogP contribution is 2.24. The molecule has 0 aliphatic carbocycles. The minimum Gasteiger partial charge on any atom is -0.460 e. The number of carbonyl (C=O) groups excluding carboxylic acids is 1. The summed E-state index contributed by atoms with van der Waals surface area (Å²) in [5.41, 5.74) is 0.698. The second-order valence-corrected chi connectivity index (χ2v) is 6.45. The van der Waals surface area contributed by atoms with Crippen LogP contribution in [0.1, 0.15) is 16.1 Å². The van der Waals surface area contributed by atoms with Gasteiger partial charge in [-0.05, 0) is 18.5 Å². The van der Waals surface area contributed by atoms with E-state index in [0.717, 1.165) is 4.57 Å². The summed E-state index contributed by atoms with van der Waals surface area (Å²) in [6.45, 7) is 2.03. The molecule has 10 nitrogen and oxygen atoms in total. The molecule has 26 heavy (non-hydrogen) atoms. The molecule has 11 heteroatoms. The number of esters is 1. The first-order valence-corrected chi connectivity index (χ1v) is 8.56. The summed E-state index contributed by atoms with van der Waals surface area (Å²) < 4.78 is 13.3. The zero-order chi connectivity index (χ0) is 19.0. The first-order valence-electron chi connectivity index (χ1n) is 7.78. The maximum atomic E-state index is 12.4. The fraction of sp³-hybridized carbons (Fsp3) is 0.400. The van der Waals surface area contributed by atoms with E-state index in [1.165, 1.54) is 29.5 Å². The second kappa shape index (κ2) is 6.75. The summed E-state index contributed by atoms with van der Waals surface area (Å²) >= 11 is 1.19. The quantitative estimate of drug-likeness (QED) is 0.626. The van der Waals surface area contributed by atoms with Gasteiger partial charge in [0.25, 0.3) is 5.56 Å². The lowest BCUT2D eigenvalue weighted by Crippen LogP contribution is -2.37. The van der Waals surface area contributed by atoms with Gasteiger partial charge in [0.15, 0.2) is 11.2 Å². The highest BCUT2D eigenvalue weighted by atomic mass is 32.1.